The molecule has 8 nitrogen and oxygen atoms in total. The molecule has 10 heteroatoms. The SMILES string of the molecule is O=C(CN1N=N[C@H]2C(=O)N(c3ccc(Br)cc3)C(=O)[C@@H]21)Nc1ccccc1Cl. The number of nitrogens with one attached hydrogen (secondary N) is 1. The summed E-state index contributed by atoms with van der Waals surface area (Å²) >= 11 is 9.35. The Morgan fingerprint density at radius 2 is 1.82 bits per heavy atom. The second-order valence-corrected chi connectivity index (χ2v) is 7.53. The Morgan fingerprint density at radius 3 is 2.54 bits per heavy atom. The fourth-order valence-electron chi connectivity index (χ4n) is 3.10. The molecule has 2 aromatic carbocycles. The van der Waals surface area contributed by atoms with Gasteiger partial charge in [-0.15, -0.1) is 0 Å². The summed E-state index contributed by atoms with van der Waals surface area (Å²) in [5, 5.41) is 12.0. The predicted molar refractivity (Wildman–Crippen MR) is 106 cm³/mol. The van der Waals surface area contributed by atoms with Gasteiger partial charge in [0.2, 0.25) is 5.91 Å². The van der Waals surface area contributed by atoms with E-state index in [4.69, 9.17) is 11.6 Å². The van der Waals surface area contributed by atoms with Crippen LogP contribution in [-0.4, -0.2) is 41.4 Å². The number of fused-ring (bicyclic) bond motifs is 1. The molecule has 2 aromatic rings. The zero-order valence-electron chi connectivity index (χ0n) is 14.3. The highest BCUT2D eigenvalue weighted by atomic mass is 79.9. The molecule has 0 aromatic heterocycles. The number of benzene rings is 2. The van der Waals surface area contributed by atoms with Gasteiger partial charge in [-0.2, -0.15) is 5.11 Å². The summed E-state index contributed by atoms with van der Waals surface area (Å²) in [6.45, 7) is -0.233. The molecule has 0 spiro atoms. The lowest BCUT2D eigenvalue weighted by molar-refractivity contribution is -0.123. The van der Waals surface area contributed by atoms with Gasteiger partial charge >= 0.3 is 0 Å². The lowest BCUT2D eigenvalue weighted by atomic mass is 10.1. The number of hydrogen-bond acceptors (Lipinski definition) is 6. The molecule has 1 N–H and O–H groups in total. The van der Waals surface area contributed by atoms with E-state index in [0.717, 1.165) is 9.37 Å². The van der Waals surface area contributed by atoms with Gasteiger partial charge in [0, 0.05) is 4.47 Å². The third-order valence-electron chi connectivity index (χ3n) is 4.40. The first-order valence-corrected chi connectivity index (χ1v) is 9.48. The number of nitrogens with zero attached hydrogens (tertiary/aromatic N) is 4. The number of imide groups is 1. The van der Waals surface area contributed by atoms with E-state index in [9.17, 15) is 14.4 Å². The first-order chi connectivity index (χ1) is 13.5. The molecule has 0 unspecified atom stereocenters. The molecule has 2 aliphatic rings. The van der Waals surface area contributed by atoms with Gasteiger partial charge in [-0.1, -0.05) is 44.9 Å². The van der Waals surface area contributed by atoms with Gasteiger partial charge < -0.3 is 5.32 Å². The van der Waals surface area contributed by atoms with E-state index in [2.05, 4.69) is 31.6 Å². The Bertz CT molecular complexity index is 997. The second-order valence-electron chi connectivity index (χ2n) is 6.21. The number of carbonyl (C=O) groups excluding carboxylic acids is 3. The number of anilines is 2. The van der Waals surface area contributed by atoms with Crippen LogP contribution in [0.15, 0.2) is 63.3 Å². The van der Waals surface area contributed by atoms with Gasteiger partial charge in [-0.3, -0.25) is 19.4 Å². The molecule has 4 rings (SSSR count). The summed E-state index contributed by atoms with van der Waals surface area (Å²) in [7, 11) is 0. The number of amides is 3. The maximum absolute atomic E-state index is 12.9. The van der Waals surface area contributed by atoms with Crippen molar-refractivity contribution in [2.45, 2.75) is 12.1 Å². The Morgan fingerprint density at radius 1 is 1.11 bits per heavy atom. The van der Waals surface area contributed by atoms with Crippen molar-refractivity contribution < 1.29 is 14.4 Å². The standard InChI is InChI=1S/C18H13BrClN5O3/c19-10-5-7-11(8-6-10)25-17(27)15-16(18(25)28)24(23-22-15)9-14(26)21-13-4-2-1-3-12(13)20/h1-8,15-16H,9H2,(H,21,26)/t15-,16-/m1/s1. The fourth-order valence-corrected chi connectivity index (χ4v) is 3.55. The zero-order valence-corrected chi connectivity index (χ0v) is 16.6. The van der Waals surface area contributed by atoms with Crippen LogP contribution in [0.1, 0.15) is 0 Å². The number of halogens is 2. The van der Waals surface area contributed by atoms with Crippen LogP contribution in [0.3, 0.4) is 0 Å². The normalized spacial score (nSPS) is 20.6. The van der Waals surface area contributed by atoms with Gasteiger partial charge in [0.15, 0.2) is 12.1 Å². The molecule has 2 aliphatic heterocycles. The maximum atomic E-state index is 12.9. The van der Waals surface area contributed by atoms with Crippen molar-refractivity contribution in [2.75, 3.05) is 16.8 Å². The van der Waals surface area contributed by atoms with Crippen LogP contribution in [0.4, 0.5) is 11.4 Å². The van der Waals surface area contributed by atoms with Crippen molar-refractivity contribution in [3.05, 3.63) is 58.0 Å². The number of para-hydroxylation sites is 1. The van der Waals surface area contributed by atoms with Gasteiger partial charge in [0.05, 0.1) is 16.4 Å². The van der Waals surface area contributed by atoms with Crippen molar-refractivity contribution in [1.82, 2.24) is 5.01 Å². The summed E-state index contributed by atoms with van der Waals surface area (Å²) in [6, 6.07) is 11.7. The smallest absolute Gasteiger partial charge is 0.263 e. The molecule has 0 saturated carbocycles. The molecule has 142 valence electrons. The van der Waals surface area contributed by atoms with Gasteiger partial charge in [0.25, 0.3) is 11.8 Å². The molecule has 28 heavy (non-hydrogen) atoms. The topological polar surface area (TPSA) is 94.4 Å². The lowest BCUT2D eigenvalue weighted by Crippen LogP contribution is -2.43. The molecule has 1 saturated heterocycles. The summed E-state index contributed by atoms with van der Waals surface area (Å²) in [6.07, 6.45) is 0. The molecule has 2 atom stereocenters. The van der Waals surface area contributed by atoms with Crippen LogP contribution in [0, 0.1) is 0 Å². The minimum atomic E-state index is -0.954. The Labute approximate surface area is 173 Å². The molecular formula is C18H13BrClN5O3. The molecule has 1 fully saturated rings. The van der Waals surface area contributed by atoms with Gasteiger partial charge in [-0.05, 0) is 36.4 Å². The van der Waals surface area contributed by atoms with Crippen molar-refractivity contribution in [3.8, 4) is 0 Å². The number of rotatable bonds is 4. The quantitative estimate of drug-likeness (QED) is 0.707. The van der Waals surface area contributed by atoms with Crippen LogP contribution in [0.2, 0.25) is 5.02 Å². The van der Waals surface area contributed by atoms with E-state index in [1.807, 2.05) is 0 Å². The highest BCUT2D eigenvalue weighted by Gasteiger charge is 2.55. The summed E-state index contributed by atoms with van der Waals surface area (Å²) in [5.41, 5.74) is 0.899. The molecular weight excluding hydrogens is 450 g/mol. The second kappa shape index (κ2) is 7.33. The van der Waals surface area contributed by atoms with Crippen LogP contribution < -0.4 is 10.2 Å². The minimum absolute atomic E-state index is 0.233. The van der Waals surface area contributed by atoms with Crippen LogP contribution in [-0.2, 0) is 14.4 Å². The third-order valence-corrected chi connectivity index (χ3v) is 5.25. The van der Waals surface area contributed by atoms with Crippen LogP contribution in [0.5, 0.6) is 0 Å². The maximum Gasteiger partial charge on any atom is 0.263 e. The van der Waals surface area contributed by atoms with Crippen molar-refractivity contribution in [2.24, 2.45) is 10.3 Å². The zero-order chi connectivity index (χ0) is 19.8. The lowest BCUT2D eigenvalue weighted by Gasteiger charge is -2.20. The first kappa shape index (κ1) is 18.6. The van der Waals surface area contributed by atoms with E-state index in [1.54, 1.807) is 48.5 Å². The first-order valence-electron chi connectivity index (χ1n) is 8.31. The van der Waals surface area contributed by atoms with Gasteiger partial charge in [0.1, 0.15) is 6.54 Å². The number of carbonyl (C=O) groups is 3. The summed E-state index contributed by atoms with van der Waals surface area (Å²) in [5.74, 6) is -1.35. The van der Waals surface area contributed by atoms with Crippen molar-refractivity contribution >= 4 is 56.6 Å². The highest BCUT2D eigenvalue weighted by Crippen LogP contribution is 2.32. The van der Waals surface area contributed by atoms with E-state index < -0.39 is 29.8 Å². The monoisotopic (exact) mass is 461 g/mol. The molecule has 3 amide bonds. The average molecular weight is 463 g/mol. The molecule has 0 radical (unpaired) electrons. The summed E-state index contributed by atoms with van der Waals surface area (Å²) < 4.78 is 0.827. The van der Waals surface area contributed by atoms with E-state index in [0.29, 0.717) is 16.4 Å². The van der Waals surface area contributed by atoms with E-state index in [-0.39, 0.29) is 6.54 Å². The van der Waals surface area contributed by atoms with E-state index in [1.165, 1.54) is 5.01 Å². The van der Waals surface area contributed by atoms with Crippen LogP contribution >= 0.6 is 27.5 Å². The minimum Gasteiger partial charge on any atom is -0.323 e. The fraction of sp³-hybridized carbons (Fsp3) is 0.167. The van der Waals surface area contributed by atoms with E-state index >= 15 is 0 Å². The van der Waals surface area contributed by atoms with Crippen molar-refractivity contribution in [3.63, 3.8) is 0 Å². The number of hydrogen-bond donors (Lipinski definition) is 1. The summed E-state index contributed by atoms with van der Waals surface area (Å²) in [4.78, 5) is 39.0. The molecule has 2 heterocycles. The largest absolute Gasteiger partial charge is 0.323 e. The third kappa shape index (κ3) is 3.27. The Balaban J connectivity index is 1.49. The average Bonchev–Trinajstić information content (AvgIpc) is 3.18. The highest BCUT2D eigenvalue weighted by molar-refractivity contribution is 9.10. The Hall–Kier alpha value is -2.78. The predicted octanol–water partition coefficient (Wildman–Crippen LogP) is 3.03. The Kier molecular flexibility index (Phi) is 4.86. The van der Waals surface area contributed by atoms with Crippen LogP contribution in [0.25, 0.3) is 0 Å². The molecule has 0 bridgehead atoms. The molecule has 0 aliphatic carbocycles. The van der Waals surface area contributed by atoms with Crippen molar-refractivity contribution in [1.29, 1.82) is 0 Å². The van der Waals surface area contributed by atoms with Gasteiger partial charge in [-0.25, -0.2) is 4.90 Å².